The topological polar surface area (TPSA) is 117 Å². The zero-order chi connectivity index (χ0) is 8.43. The number of nitrogens with two attached hydrogens (primary N) is 1. The van der Waals surface area contributed by atoms with Crippen LogP contribution < -0.4 is 11.9 Å². The monoisotopic (exact) mass is 190 g/mol. The van der Waals surface area contributed by atoms with E-state index in [1.807, 2.05) is 0 Å². The van der Waals surface area contributed by atoms with E-state index in [0.29, 0.717) is 0 Å². The molecule has 0 aliphatic carbocycles. The van der Waals surface area contributed by atoms with Crippen LogP contribution in [0.4, 0.5) is 11.5 Å². The Kier molecular flexibility index (Phi) is 3.39. The molecule has 0 amide bonds. The number of halogens is 1. The molecule has 0 bridgehead atoms. The number of anilines is 1. The van der Waals surface area contributed by atoms with Crippen LogP contribution in [0, 0.1) is 10.1 Å². The van der Waals surface area contributed by atoms with Gasteiger partial charge in [-0.3, -0.25) is 10.1 Å². The van der Waals surface area contributed by atoms with Gasteiger partial charge in [0.1, 0.15) is 5.15 Å². The fourth-order valence-corrected chi connectivity index (χ4v) is 0.751. The van der Waals surface area contributed by atoms with E-state index in [-0.39, 0.29) is 22.8 Å². The lowest BCUT2D eigenvalue weighted by Gasteiger charge is -1.94. The molecule has 0 aliphatic heterocycles. The third kappa shape index (κ3) is 2.04. The van der Waals surface area contributed by atoms with Gasteiger partial charge in [-0.25, -0.2) is 4.98 Å². The van der Waals surface area contributed by atoms with Crippen LogP contribution in [0.1, 0.15) is 0 Å². The van der Waals surface area contributed by atoms with Crippen molar-refractivity contribution in [2.24, 2.45) is 0 Å². The minimum atomic E-state index is -0.612. The number of nitro groups is 1. The van der Waals surface area contributed by atoms with Gasteiger partial charge >= 0.3 is 5.69 Å². The van der Waals surface area contributed by atoms with Crippen molar-refractivity contribution in [1.29, 1.82) is 0 Å². The van der Waals surface area contributed by atoms with Crippen LogP contribution in [0.25, 0.3) is 0 Å². The van der Waals surface area contributed by atoms with Gasteiger partial charge in [-0.05, 0) is 6.07 Å². The molecular formula is C5H7ClN4O2. The maximum Gasteiger partial charge on any atom is 0.311 e. The van der Waals surface area contributed by atoms with E-state index in [0.717, 1.165) is 0 Å². The lowest BCUT2D eigenvalue weighted by molar-refractivity contribution is -0.384. The molecule has 66 valence electrons. The number of aromatic nitrogens is 1. The highest BCUT2D eigenvalue weighted by Gasteiger charge is 2.11. The van der Waals surface area contributed by atoms with Crippen molar-refractivity contribution in [3.8, 4) is 0 Å². The van der Waals surface area contributed by atoms with Crippen molar-refractivity contribution in [3.63, 3.8) is 0 Å². The molecule has 7 heteroatoms. The molecule has 1 rings (SSSR count). The fraction of sp³-hybridized carbons (Fsp3) is 0. The zero-order valence-corrected chi connectivity index (χ0v) is 6.78. The quantitative estimate of drug-likeness (QED) is 0.394. The van der Waals surface area contributed by atoms with Crippen LogP contribution in [0.15, 0.2) is 12.1 Å². The average molecular weight is 191 g/mol. The molecule has 5 N–H and O–H groups in total. The maximum atomic E-state index is 10.2. The molecular weight excluding hydrogens is 184 g/mol. The third-order valence-electron chi connectivity index (χ3n) is 1.07. The third-order valence-corrected chi connectivity index (χ3v) is 1.28. The Morgan fingerprint density at radius 1 is 1.58 bits per heavy atom. The summed E-state index contributed by atoms with van der Waals surface area (Å²) < 4.78 is 0. The second-order valence-electron chi connectivity index (χ2n) is 1.80. The van der Waals surface area contributed by atoms with E-state index < -0.39 is 4.92 Å². The van der Waals surface area contributed by atoms with Gasteiger partial charge in [0.2, 0.25) is 5.82 Å². The standard InChI is InChI=1S/C5H4ClN3O2.H3N/c6-4-2-1-3(9(10)11)5(7)8-4;/h1-2H,(H2,7,8);1H3. The van der Waals surface area contributed by atoms with E-state index in [2.05, 4.69) is 4.98 Å². The molecule has 0 aliphatic rings. The molecule has 0 atom stereocenters. The van der Waals surface area contributed by atoms with E-state index in [1.54, 1.807) is 0 Å². The van der Waals surface area contributed by atoms with Gasteiger partial charge in [0.05, 0.1) is 4.92 Å². The minimum absolute atomic E-state index is 0. The van der Waals surface area contributed by atoms with Crippen molar-refractivity contribution in [2.45, 2.75) is 0 Å². The van der Waals surface area contributed by atoms with Gasteiger partial charge in [0, 0.05) is 6.07 Å². The first-order valence-corrected chi connectivity index (χ1v) is 3.05. The Labute approximate surface area is 73.1 Å². The smallest absolute Gasteiger partial charge is 0.311 e. The summed E-state index contributed by atoms with van der Waals surface area (Å²) in [5.41, 5.74) is 4.96. The van der Waals surface area contributed by atoms with Crippen molar-refractivity contribution >= 4 is 23.1 Å². The van der Waals surface area contributed by atoms with Gasteiger partial charge in [-0.1, -0.05) is 11.6 Å². The lowest BCUT2D eigenvalue weighted by atomic mass is 10.4. The van der Waals surface area contributed by atoms with Crippen molar-refractivity contribution in [3.05, 3.63) is 27.4 Å². The molecule has 0 aromatic carbocycles. The molecule has 1 aromatic heterocycles. The van der Waals surface area contributed by atoms with Gasteiger partial charge in [0.25, 0.3) is 0 Å². The molecule has 0 saturated heterocycles. The summed E-state index contributed by atoms with van der Waals surface area (Å²) in [5, 5.41) is 10.3. The largest absolute Gasteiger partial charge is 0.378 e. The van der Waals surface area contributed by atoms with E-state index in [9.17, 15) is 10.1 Å². The molecule has 0 fully saturated rings. The van der Waals surface area contributed by atoms with Crippen LogP contribution in [0.5, 0.6) is 0 Å². The highest BCUT2D eigenvalue weighted by molar-refractivity contribution is 6.29. The summed E-state index contributed by atoms with van der Waals surface area (Å²) >= 11 is 5.41. The van der Waals surface area contributed by atoms with Crippen molar-refractivity contribution < 1.29 is 4.92 Å². The number of hydrogen-bond acceptors (Lipinski definition) is 5. The molecule has 1 heterocycles. The van der Waals surface area contributed by atoms with Crippen LogP contribution in [-0.4, -0.2) is 9.91 Å². The average Bonchev–Trinajstić information content (AvgIpc) is 1.85. The second kappa shape index (κ2) is 3.84. The number of rotatable bonds is 1. The zero-order valence-electron chi connectivity index (χ0n) is 6.03. The molecule has 0 saturated carbocycles. The minimum Gasteiger partial charge on any atom is -0.378 e. The maximum absolute atomic E-state index is 10.2. The number of nitrogens with zero attached hydrogens (tertiary/aromatic N) is 2. The SMILES string of the molecule is N.Nc1nc(Cl)ccc1[N+](=O)[O-]. The summed E-state index contributed by atoms with van der Waals surface area (Å²) in [4.78, 5) is 13.1. The van der Waals surface area contributed by atoms with Crippen LogP contribution in [0.2, 0.25) is 5.15 Å². The van der Waals surface area contributed by atoms with Gasteiger partial charge in [-0.2, -0.15) is 0 Å². The molecule has 0 spiro atoms. The molecule has 1 aromatic rings. The van der Waals surface area contributed by atoms with Gasteiger partial charge in [0.15, 0.2) is 0 Å². The van der Waals surface area contributed by atoms with Gasteiger partial charge < -0.3 is 11.9 Å². The molecule has 6 nitrogen and oxygen atoms in total. The summed E-state index contributed by atoms with van der Waals surface area (Å²) in [6.45, 7) is 0. The lowest BCUT2D eigenvalue weighted by Crippen LogP contribution is -1.97. The summed E-state index contributed by atoms with van der Waals surface area (Å²) in [6, 6.07) is 2.53. The Morgan fingerprint density at radius 3 is 2.58 bits per heavy atom. The Hall–Kier alpha value is -1.40. The predicted molar refractivity (Wildman–Crippen MR) is 45.3 cm³/mol. The fourth-order valence-electron chi connectivity index (χ4n) is 0.597. The van der Waals surface area contributed by atoms with Crippen molar-refractivity contribution in [1.82, 2.24) is 11.1 Å². The summed E-state index contributed by atoms with van der Waals surface area (Å²) in [5.74, 6) is -0.164. The molecule has 0 radical (unpaired) electrons. The predicted octanol–water partition coefficient (Wildman–Crippen LogP) is 1.39. The van der Waals surface area contributed by atoms with E-state index in [4.69, 9.17) is 17.3 Å². The number of pyridine rings is 1. The first-order chi connectivity index (χ1) is 5.11. The molecule has 12 heavy (non-hydrogen) atoms. The van der Waals surface area contributed by atoms with Crippen LogP contribution in [0.3, 0.4) is 0 Å². The Bertz CT molecular complexity index is 303. The van der Waals surface area contributed by atoms with Crippen molar-refractivity contribution in [2.75, 3.05) is 5.73 Å². The second-order valence-corrected chi connectivity index (χ2v) is 2.18. The first kappa shape index (κ1) is 10.6. The Morgan fingerprint density at radius 2 is 2.17 bits per heavy atom. The van der Waals surface area contributed by atoms with E-state index >= 15 is 0 Å². The summed E-state index contributed by atoms with van der Waals surface area (Å²) in [6.07, 6.45) is 0. The van der Waals surface area contributed by atoms with Crippen LogP contribution >= 0.6 is 11.6 Å². The highest BCUT2D eigenvalue weighted by Crippen LogP contribution is 2.20. The van der Waals surface area contributed by atoms with E-state index in [1.165, 1.54) is 12.1 Å². The number of nitrogen functional groups attached to an aromatic ring is 1. The molecule has 0 unspecified atom stereocenters. The first-order valence-electron chi connectivity index (χ1n) is 2.67. The van der Waals surface area contributed by atoms with Gasteiger partial charge in [-0.15, -0.1) is 0 Å². The number of hydrogen-bond donors (Lipinski definition) is 2. The van der Waals surface area contributed by atoms with Crippen LogP contribution in [-0.2, 0) is 0 Å². The highest BCUT2D eigenvalue weighted by atomic mass is 35.5. The summed E-state index contributed by atoms with van der Waals surface area (Å²) in [7, 11) is 0. The normalized spacial score (nSPS) is 8.75. The Balaban J connectivity index is 0.00000121.